The molecule has 0 radical (unpaired) electrons. The van der Waals surface area contributed by atoms with Crippen molar-refractivity contribution in [3.8, 4) is 0 Å². The van der Waals surface area contributed by atoms with E-state index in [4.69, 9.17) is 14.2 Å². The Morgan fingerprint density at radius 1 is 1.00 bits per heavy atom. The third-order valence-electron chi connectivity index (χ3n) is 4.83. The number of amides is 2. The summed E-state index contributed by atoms with van der Waals surface area (Å²) in [6, 6.07) is 0. The van der Waals surface area contributed by atoms with E-state index in [0.29, 0.717) is 52.5 Å². The first kappa shape index (κ1) is 26.6. The number of likely N-dealkylation sites (N-methyl/N-ethyl adjacent to an activating group) is 1. The van der Waals surface area contributed by atoms with Gasteiger partial charge in [-0.3, -0.25) is 9.69 Å². The Hall–Kier alpha value is -1.42. The van der Waals surface area contributed by atoms with Crippen LogP contribution in [0.1, 0.15) is 34.6 Å². The van der Waals surface area contributed by atoms with Crippen LogP contribution in [0.25, 0.3) is 0 Å². The zero-order valence-electron chi connectivity index (χ0n) is 19.6. The fourth-order valence-electron chi connectivity index (χ4n) is 2.93. The number of hydrogen-bond acceptors (Lipinski definition) is 7. The summed E-state index contributed by atoms with van der Waals surface area (Å²) in [5.74, 6) is -0.0134. The predicted molar refractivity (Wildman–Crippen MR) is 116 cm³/mol. The highest BCUT2D eigenvalue weighted by molar-refractivity contribution is 5.77. The van der Waals surface area contributed by atoms with Crippen molar-refractivity contribution in [3.63, 3.8) is 0 Å². The van der Waals surface area contributed by atoms with Crippen molar-refractivity contribution in [3.05, 3.63) is 0 Å². The minimum absolute atomic E-state index is 0.0134. The molecule has 0 aliphatic carbocycles. The molecule has 0 aromatic rings. The molecule has 1 N–H and O–H groups in total. The molecule has 9 nitrogen and oxygen atoms in total. The molecular weight excluding hydrogens is 388 g/mol. The summed E-state index contributed by atoms with van der Waals surface area (Å²) in [6.45, 7) is 18.3. The van der Waals surface area contributed by atoms with E-state index in [2.05, 4.69) is 44.8 Å². The van der Waals surface area contributed by atoms with Crippen molar-refractivity contribution in [1.82, 2.24) is 20.0 Å². The molecular formula is C21H42N4O5. The number of ether oxygens (including phenoxy) is 3. The first-order chi connectivity index (χ1) is 14.2. The molecule has 1 saturated heterocycles. The van der Waals surface area contributed by atoms with Gasteiger partial charge in [0.1, 0.15) is 13.3 Å². The molecule has 0 bridgehead atoms. The van der Waals surface area contributed by atoms with Gasteiger partial charge in [0.15, 0.2) is 0 Å². The fourth-order valence-corrected chi connectivity index (χ4v) is 2.93. The largest absolute Gasteiger partial charge is 0.433 e. The zero-order chi connectivity index (χ0) is 22.4. The highest BCUT2D eigenvalue weighted by atomic mass is 16.6. The molecule has 2 amide bonds. The second-order valence-electron chi connectivity index (χ2n) is 8.68. The molecule has 0 aromatic carbocycles. The average Bonchev–Trinajstić information content (AvgIpc) is 2.71. The van der Waals surface area contributed by atoms with Crippen molar-refractivity contribution >= 4 is 12.0 Å². The summed E-state index contributed by atoms with van der Waals surface area (Å²) in [5.41, 5.74) is 0.130. The summed E-state index contributed by atoms with van der Waals surface area (Å²) in [5, 5.41) is 2.77. The molecule has 0 unspecified atom stereocenters. The van der Waals surface area contributed by atoms with Crippen molar-refractivity contribution in [2.45, 2.75) is 34.6 Å². The molecule has 0 aromatic heterocycles. The van der Waals surface area contributed by atoms with Crippen molar-refractivity contribution in [1.29, 1.82) is 0 Å². The maximum atomic E-state index is 12.2. The lowest BCUT2D eigenvalue weighted by molar-refractivity contribution is -0.139. The molecule has 0 spiro atoms. The normalized spacial score (nSPS) is 15.5. The molecule has 30 heavy (non-hydrogen) atoms. The minimum Gasteiger partial charge on any atom is -0.433 e. The highest BCUT2D eigenvalue weighted by Gasteiger charge is 2.21. The Labute approximate surface area is 182 Å². The van der Waals surface area contributed by atoms with Gasteiger partial charge >= 0.3 is 6.09 Å². The number of alkyl carbamates (subject to hydrolysis) is 1. The second kappa shape index (κ2) is 14.6. The Morgan fingerprint density at radius 3 is 2.23 bits per heavy atom. The number of carbonyl (C=O) groups excluding carboxylic acids is 2. The Morgan fingerprint density at radius 2 is 1.63 bits per heavy atom. The van der Waals surface area contributed by atoms with Crippen molar-refractivity contribution in [2.75, 3.05) is 85.5 Å². The number of nitrogens with one attached hydrogen (secondary N) is 1. The average molecular weight is 431 g/mol. The molecule has 0 saturated carbocycles. The van der Waals surface area contributed by atoms with Crippen LogP contribution in [-0.2, 0) is 19.0 Å². The standard InChI is InChI=1S/C21H42N4O5/c1-6-23(7-2)9-8-22-20(27)30-18-24-10-12-25(13-11-24)19(26)16-28-14-15-29-17-21(3,4)5/h6-18H2,1-5H3,(H,22,27). The van der Waals surface area contributed by atoms with Crippen LogP contribution in [0.4, 0.5) is 4.79 Å². The highest BCUT2D eigenvalue weighted by Crippen LogP contribution is 2.12. The van der Waals surface area contributed by atoms with Crippen LogP contribution in [0.5, 0.6) is 0 Å². The number of rotatable bonds is 13. The Balaban J connectivity index is 2.08. The summed E-state index contributed by atoms with van der Waals surface area (Å²) < 4.78 is 16.2. The van der Waals surface area contributed by atoms with E-state index in [1.165, 1.54) is 0 Å². The second-order valence-corrected chi connectivity index (χ2v) is 8.68. The van der Waals surface area contributed by atoms with E-state index in [1.54, 1.807) is 4.90 Å². The van der Waals surface area contributed by atoms with Crippen LogP contribution < -0.4 is 5.32 Å². The molecule has 1 aliphatic rings. The van der Waals surface area contributed by atoms with Crippen LogP contribution in [0, 0.1) is 5.41 Å². The lowest BCUT2D eigenvalue weighted by Crippen LogP contribution is -2.50. The summed E-state index contributed by atoms with van der Waals surface area (Å²) in [4.78, 5) is 30.1. The number of hydrogen-bond donors (Lipinski definition) is 1. The van der Waals surface area contributed by atoms with E-state index in [1.807, 2.05) is 4.90 Å². The van der Waals surface area contributed by atoms with E-state index in [9.17, 15) is 9.59 Å². The maximum absolute atomic E-state index is 12.2. The van der Waals surface area contributed by atoms with Gasteiger partial charge in [0.05, 0.1) is 19.8 Å². The molecule has 9 heteroatoms. The van der Waals surface area contributed by atoms with Gasteiger partial charge in [-0.05, 0) is 18.5 Å². The monoisotopic (exact) mass is 430 g/mol. The van der Waals surface area contributed by atoms with Gasteiger partial charge in [-0.2, -0.15) is 0 Å². The fraction of sp³-hybridized carbons (Fsp3) is 0.905. The lowest BCUT2D eigenvalue weighted by Gasteiger charge is -2.34. The van der Waals surface area contributed by atoms with Crippen LogP contribution in [0.2, 0.25) is 0 Å². The minimum atomic E-state index is -0.400. The van der Waals surface area contributed by atoms with Gasteiger partial charge in [-0.15, -0.1) is 0 Å². The maximum Gasteiger partial charge on any atom is 0.408 e. The molecule has 1 rings (SSSR count). The van der Waals surface area contributed by atoms with E-state index in [-0.39, 0.29) is 24.7 Å². The SMILES string of the molecule is CCN(CC)CCNC(=O)OCN1CCN(C(=O)COCCOCC(C)(C)C)CC1. The molecule has 176 valence electrons. The Bertz CT molecular complexity index is 486. The number of nitrogens with zero attached hydrogens (tertiary/aromatic N) is 3. The third-order valence-corrected chi connectivity index (χ3v) is 4.83. The topological polar surface area (TPSA) is 83.6 Å². The van der Waals surface area contributed by atoms with Gasteiger partial charge in [0.2, 0.25) is 5.91 Å². The van der Waals surface area contributed by atoms with Gasteiger partial charge in [0, 0.05) is 39.3 Å². The first-order valence-corrected chi connectivity index (χ1v) is 11.0. The quantitative estimate of drug-likeness (QED) is 0.440. The van der Waals surface area contributed by atoms with E-state index in [0.717, 1.165) is 19.6 Å². The summed E-state index contributed by atoms with van der Waals surface area (Å²) >= 11 is 0. The van der Waals surface area contributed by atoms with E-state index >= 15 is 0 Å². The van der Waals surface area contributed by atoms with Crippen LogP contribution in [0.15, 0.2) is 0 Å². The molecule has 1 fully saturated rings. The van der Waals surface area contributed by atoms with Gasteiger partial charge < -0.3 is 29.3 Å². The molecule has 1 aliphatic heterocycles. The molecule has 0 atom stereocenters. The van der Waals surface area contributed by atoms with E-state index < -0.39 is 6.09 Å². The van der Waals surface area contributed by atoms with Crippen LogP contribution in [-0.4, -0.2) is 112 Å². The van der Waals surface area contributed by atoms with Gasteiger partial charge in [0.25, 0.3) is 0 Å². The Kier molecular flexibility index (Phi) is 12.9. The lowest BCUT2D eigenvalue weighted by atomic mass is 9.99. The number of carbonyl (C=O) groups is 2. The number of piperazine rings is 1. The van der Waals surface area contributed by atoms with Gasteiger partial charge in [-0.25, -0.2) is 4.79 Å². The zero-order valence-corrected chi connectivity index (χ0v) is 19.6. The molecule has 1 heterocycles. The van der Waals surface area contributed by atoms with Crippen molar-refractivity contribution < 1.29 is 23.8 Å². The summed E-state index contributed by atoms with van der Waals surface area (Å²) in [6.07, 6.45) is -0.400. The smallest absolute Gasteiger partial charge is 0.408 e. The third kappa shape index (κ3) is 12.3. The predicted octanol–water partition coefficient (Wildman–Crippen LogP) is 1.24. The first-order valence-electron chi connectivity index (χ1n) is 11.0. The van der Waals surface area contributed by atoms with Crippen LogP contribution >= 0.6 is 0 Å². The van der Waals surface area contributed by atoms with Crippen molar-refractivity contribution in [2.24, 2.45) is 5.41 Å². The van der Waals surface area contributed by atoms with Gasteiger partial charge in [-0.1, -0.05) is 34.6 Å². The van der Waals surface area contributed by atoms with Crippen LogP contribution in [0.3, 0.4) is 0 Å². The summed E-state index contributed by atoms with van der Waals surface area (Å²) in [7, 11) is 0.